The summed E-state index contributed by atoms with van der Waals surface area (Å²) in [4.78, 5) is 2.46. The second-order valence-corrected chi connectivity index (χ2v) is 21.0. The molecule has 0 atom stereocenters. The molecule has 0 radical (unpaired) electrons. The van der Waals surface area contributed by atoms with E-state index in [9.17, 15) is 0 Å². The fourth-order valence-electron chi connectivity index (χ4n) is 10.3. The summed E-state index contributed by atoms with van der Waals surface area (Å²) in [5, 5.41) is 4.94. The first-order chi connectivity index (χ1) is 34.5. The average Bonchev–Trinajstić information content (AvgIpc) is 3.40. The van der Waals surface area contributed by atoms with Crippen molar-refractivity contribution < 1.29 is 0 Å². The lowest BCUT2D eigenvalue weighted by atomic mass is 9.78. The zero-order valence-corrected chi connectivity index (χ0v) is 41.6. The van der Waals surface area contributed by atoms with Crippen LogP contribution in [0.2, 0.25) is 0 Å². The largest absolute Gasteiger partial charge is 0.310 e. The summed E-state index contributed by atoms with van der Waals surface area (Å²) in [5.41, 5.74) is 20.4. The molecule has 0 saturated carbocycles. The Hall–Kier alpha value is -8.26. The van der Waals surface area contributed by atoms with Gasteiger partial charge in [0, 0.05) is 16.9 Å². The zero-order chi connectivity index (χ0) is 48.7. The van der Waals surface area contributed by atoms with Crippen LogP contribution in [0.4, 0.5) is 17.1 Å². The highest BCUT2D eigenvalue weighted by atomic mass is 15.1. The number of fused-ring (bicyclic) bond motifs is 2. The molecule has 0 heterocycles. The normalized spacial score (nSPS) is 11.8. The van der Waals surface area contributed by atoms with Gasteiger partial charge in [-0.05, 0) is 141 Å². The van der Waals surface area contributed by atoms with Crippen LogP contribution in [0.1, 0.15) is 52.7 Å². The van der Waals surface area contributed by atoms with Gasteiger partial charge in [0.1, 0.15) is 0 Å². The van der Waals surface area contributed by atoms with Crippen molar-refractivity contribution in [3.63, 3.8) is 0 Å². The van der Waals surface area contributed by atoms with Crippen molar-refractivity contribution in [3.8, 4) is 66.8 Å². The highest BCUT2D eigenvalue weighted by molar-refractivity contribution is 6.09. The average molecular weight is 914 g/mol. The van der Waals surface area contributed by atoms with Gasteiger partial charge in [-0.25, -0.2) is 0 Å². The first-order valence-electron chi connectivity index (χ1n) is 25.0. The molecule has 0 saturated heterocycles. The number of anilines is 3. The van der Waals surface area contributed by atoms with Crippen molar-refractivity contribution in [2.24, 2.45) is 0 Å². The van der Waals surface area contributed by atoms with Crippen molar-refractivity contribution >= 4 is 38.6 Å². The van der Waals surface area contributed by atoms with Crippen LogP contribution in [0.3, 0.4) is 0 Å². The van der Waals surface area contributed by atoms with Gasteiger partial charge >= 0.3 is 0 Å². The van der Waals surface area contributed by atoms with Gasteiger partial charge in [-0.3, -0.25) is 0 Å². The van der Waals surface area contributed by atoms with Crippen molar-refractivity contribution in [2.75, 3.05) is 4.90 Å². The van der Waals surface area contributed by atoms with Crippen LogP contribution >= 0.6 is 0 Å². The molecule has 1 heteroatoms. The lowest BCUT2D eigenvalue weighted by Crippen LogP contribution is -2.16. The number of nitrogens with zero attached hydrogens (tertiary/aromatic N) is 1. The fraction of sp³-hybridized carbons (Fsp3) is 0.114. The molecule has 0 fully saturated rings. The minimum atomic E-state index is -0.0115. The molecule has 344 valence electrons. The van der Waals surface area contributed by atoms with Gasteiger partial charge in [-0.2, -0.15) is 0 Å². The van der Waals surface area contributed by atoms with Gasteiger partial charge in [-0.15, -0.1) is 0 Å². The van der Waals surface area contributed by atoms with E-state index >= 15 is 0 Å². The summed E-state index contributed by atoms with van der Waals surface area (Å²) in [6.45, 7) is 13.9. The standard InChI is InChI=1S/C70H59N/c1-69(2,3)56-43-55(44-57(47-56)70(4,5)6)63-34-19-27-52-28-20-35-65(68(52)63)64-32-15-16-36-67(64)71(59-30-17-29-54(45-59)61-33-18-26-50-25-13-14-31-60(50)61)58-40-37-48(38-41-58)53-39-42-62(49-21-9-7-10-22-49)66(46-53)51-23-11-8-12-24-51/h7-47H,1-6H3. The molecule has 0 unspecified atom stereocenters. The molecular weight excluding hydrogens is 855 g/mol. The molecule has 0 aliphatic rings. The van der Waals surface area contributed by atoms with E-state index in [4.69, 9.17) is 0 Å². The maximum Gasteiger partial charge on any atom is 0.0540 e. The van der Waals surface area contributed by atoms with Crippen LogP contribution in [0, 0.1) is 0 Å². The third-order valence-electron chi connectivity index (χ3n) is 14.2. The summed E-state index contributed by atoms with van der Waals surface area (Å²) in [5.74, 6) is 0. The molecule has 11 rings (SSSR count). The van der Waals surface area contributed by atoms with Crippen LogP contribution in [-0.2, 0) is 10.8 Å². The molecular formula is C70H59N. The Morgan fingerprint density at radius 3 is 1.48 bits per heavy atom. The van der Waals surface area contributed by atoms with Crippen LogP contribution < -0.4 is 4.90 Å². The fourth-order valence-corrected chi connectivity index (χ4v) is 10.3. The van der Waals surface area contributed by atoms with Gasteiger partial charge in [0.15, 0.2) is 0 Å². The van der Waals surface area contributed by atoms with Gasteiger partial charge in [0.05, 0.1) is 5.69 Å². The number of para-hydroxylation sites is 1. The quantitative estimate of drug-likeness (QED) is 0.139. The van der Waals surface area contributed by atoms with Gasteiger partial charge in [-0.1, -0.05) is 254 Å². The Labute approximate surface area is 420 Å². The molecule has 0 spiro atoms. The number of hydrogen-bond donors (Lipinski definition) is 0. The van der Waals surface area contributed by atoms with E-state index in [0.717, 1.165) is 28.2 Å². The zero-order valence-electron chi connectivity index (χ0n) is 41.6. The maximum atomic E-state index is 2.46. The van der Waals surface area contributed by atoms with E-state index in [0.29, 0.717) is 0 Å². The summed E-state index contributed by atoms with van der Waals surface area (Å²) < 4.78 is 0. The summed E-state index contributed by atoms with van der Waals surface area (Å²) >= 11 is 0. The number of rotatable bonds is 9. The van der Waals surface area contributed by atoms with Gasteiger partial charge in [0.2, 0.25) is 0 Å². The van der Waals surface area contributed by atoms with Crippen LogP contribution in [-0.4, -0.2) is 0 Å². The first kappa shape index (κ1) is 45.2. The van der Waals surface area contributed by atoms with Crippen LogP contribution in [0.15, 0.2) is 249 Å². The summed E-state index contributed by atoms with van der Waals surface area (Å²) in [7, 11) is 0. The van der Waals surface area contributed by atoms with E-state index < -0.39 is 0 Å². The Morgan fingerprint density at radius 1 is 0.268 bits per heavy atom. The molecule has 0 aromatic heterocycles. The Bertz CT molecular complexity index is 3660. The second-order valence-electron chi connectivity index (χ2n) is 21.0. The molecule has 11 aromatic rings. The van der Waals surface area contributed by atoms with E-state index in [1.54, 1.807) is 0 Å². The molecule has 0 amide bonds. The van der Waals surface area contributed by atoms with Gasteiger partial charge in [0.25, 0.3) is 0 Å². The predicted molar refractivity (Wildman–Crippen MR) is 306 cm³/mol. The highest BCUT2D eigenvalue weighted by Crippen LogP contribution is 2.47. The lowest BCUT2D eigenvalue weighted by molar-refractivity contribution is 0.569. The third-order valence-corrected chi connectivity index (χ3v) is 14.2. The number of hydrogen-bond acceptors (Lipinski definition) is 1. The number of benzene rings is 11. The maximum absolute atomic E-state index is 2.46. The third kappa shape index (κ3) is 8.97. The molecule has 0 N–H and O–H groups in total. The minimum absolute atomic E-state index is 0.0115. The molecule has 71 heavy (non-hydrogen) atoms. The SMILES string of the molecule is CC(C)(C)c1cc(-c2cccc3cccc(-c4ccccc4N(c4ccc(-c5ccc(-c6ccccc6)c(-c6ccccc6)c5)cc4)c4cccc(-c5cccc6ccccc56)c4)c23)cc(C(C)(C)C)c1. The molecule has 1 nitrogen and oxygen atoms in total. The lowest BCUT2D eigenvalue weighted by Gasteiger charge is -2.29. The van der Waals surface area contributed by atoms with E-state index in [-0.39, 0.29) is 10.8 Å². The summed E-state index contributed by atoms with van der Waals surface area (Å²) in [6, 6.07) is 91.8. The topological polar surface area (TPSA) is 3.24 Å². The molecule has 0 aliphatic carbocycles. The Morgan fingerprint density at radius 2 is 0.789 bits per heavy atom. The van der Waals surface area contributed by atoms with E-state index in [1.165, 1.54) is 88.3 Å². The van der Waals surface area contributed by atoms with Crippen molar-refractivity contribution in [1.29, 1.82) is 0 Å². The Kier molecular flexibility index (Phi) is 11.8. The van der Waals surface area contributed by atoms with E-state index in [2.05, 4.69) is 295 Å². The summed E-state index contributed by atoms with van der Waals surface area (Å²) in [6.07, 6.45) is 0. The molecule has 11 aromatic carbocycles. The van der Waals surface area contributed by atoms with Crippen molar-refractivity contribution in [3.05, 3.63) is 260 Å². The minimum Gasteiger partial charge on any atom is -0.310 e. The van der Waals surface area contributed by atoms with Gasteiger partial charge < -0.3 is 4.90 Å². The van der Waals surface area contributed by atoms with Crippen molar-refractivity contribution in [1.82, 2.24) is 0 Å². The molecule has 0 bridgehead atoms. The van der Waals surface area contributed by atoms with E-state index in [1.807, 2.05) is 0 Å². The van der Waals surface area contributed by atoms with Crippen LogP contribution in [0.5, 0.6) is 0 Å². The predicted octanol–water partition coefficient (Wildman–Crippen LogP) is 20.1. The molecule has 0 aliphatic heterocycles. The van der Waals surface area contributed by atoms with Crippen molar-refractivity contribution in [2.45, 2.75) is 52.4 Å². The smallest absolute Gasteiger partial charge is 0.0540 e. The Balaban J connectivity index is 1.10. The highest BCUT2D eigenvalue weighted by Gasteiger charge is 2.24. The monoisotopic (exact) mass is 913 g/mol. The van der Waals surface area contributed by atoms with Crippen LogP contribution in [0.25, 0.3) is 88.3 Å². The second kappa shape index (κ2) is 18.6. The first-order valence-corrected chi connectivity index (χ1v) is 25.0.